The fourth-order valence-electron chi connectivity index (χ4n) is 5.08. The first-order valence-corrected chi connectivity index (χ1v) is 12.1. The molecule has 3 heterocycles. The molecule has 4 aromatic rings. The zero-order valence-electron chi connectivity index (χ0n) is 20.0. The van der Waals surface area contributed by atoms with Crippen molar-refractivity contribution in [2.24, 2.45) is 0 Å². The van der Waals surface area contributed by atoms with Crippen molar-refractivity contribution in [3.63, 3.8) is 0 Å². The summed E-state index contributed by atoms with van der Waals surface area (Å²) in [6.07, 6.45) is 10.0. The van der Waals surface area contributed by atoms with Gasteiger partial charge in [-0.2, -0.15) is 5.26 Å². The van der Waals surface area contributed by atoms with Crippen LogP contribution in [0.25, 0.3) is 17.1 Å². The number of fused-ring (bicyclic) bond motifs is 2. The molecule has 1 aromatic carbocycles. The van der Waals surface area contributed by atoms with E-state index in [1.54, 1.807) is 30.6 Å². The lowest BCUT2D eigenvalue weighted by molar-refractivity contribution is -0.111. The normalized spacial score (nSPS) is 14.8. The van der Waals surface area contributed by atoms with Crippen LogP contribution in [0.2, 0.25) is 0 Å². The lowest BCUT2D eigenvalue weighted by Gasteiger charge is -2.18. The minimum Gasteiger partial charge on any atom is -0.321 e. The molecule has 0 aliphatic heterocycles. The molecule has 35 heavy (non-hydrogen) atoms. The number of pyridine rings is 2. The number of aryl methyl sites for hydroxylation is 3. The molecule has 0 saturated heterocycles. The first-order chi connectivity index (χ1) is 17.1. The van der Waals surface area contributed by atoms with Gasteiger partial charge in [-0.15, -0.1) is 0 Å². The van der Waals surface area contributed by atoms with Gasteiger partial charge < -0.3 is 9.88 Å². The standard InChI is InChI=1S/C29H27N5O/c1-3-19-16-21(4-2)33-29-28(19)24(17-30)26(13-14-27(35)32-22-9-7-15-31-18-22)34(29)25-12-11-20-8-5-6-10-23(20)25/h5-10,13-16,18,25H,3-4,11-12H2,1-2H3,(H,32,35). The summed E-state index contributed by atoms with van der Waals surface area (Å²) in [5.74, 6) is -0.275. The number of hydrogen-bond donors (Lipinski definition) is 1. The second-order valence-electron chi connectivity index (χ2n) is 8.74. The van der Waals surface area contributed by atoms with Gasteiger partial charge in [0.15, 0.2) is 0 Å². The van der Waals surface area contributed by atoms with Crippen LogP contribution in [-0.4, -0.2) is 20.4 Å². The summed E-state index contributed by atoms with van der Waals surface area (Å²) in [5.41, 5.74) is 7.44. The third-order valence-corrected chi connectivity index (χ3v) is 6.72. The number of nitrogens with zero attached hydrogens (tertiary/aromatic N) is 4. The number of aromatic nitrogens is 3. The minimum atomic E-state index is -0.275. The molecule has 174 valence electrons. The predicted molar refractivity (Wildman–Crippen MR) is 138 cm³/mol. The highest BCUT2D eigenvalue weighted by Gasteiger charge is 2.30. The van der Waals surface area contributed by atoms with Gasteiger partial charge in [0.05, 0.1) is 29.2 Å². The minimum absolute atomic E-state index is 0.0566. The lowest BCUT2D eigenvalue weighted by atomic mass is 10.0. The van der Waals surface area contributed by atoms with Crippen molar-refractivity contribution in [1.29, 1.82) is 5.26 Å². The maximum absolute atomic E-state index is 12.7. The predicted octanol–water partition coefficient (Wildman–Crippen LogP) is 5.62. The summed E-state index contributed by atoms with van der Waals surface area (Å²) < 4.78 is 2.19. The van der Waals surface area contributed by atoms with Crippen molar-refractivity contribution in [3.05, 3.63) is 94.6 Å². The molecule has 0 fully saturated rings. The largest absolute Gasteiger partial charge is 0.321 e. The number of hydrogen-bond acceptors (Lipinski definition) is 4. The first-order valence-electron chi connectivity index (χ1n) is 12.1. The van der Waals surface area contributed by atoms with Crippen LogP contribution in [0.1, 0.15) is 60.0 Å². The van der Waals surface area contributed by atoms with Crippen LogP contribution in [0.3, 0.4) is 0 Å². The summed E-state index contributed by atoms with van der Waals surface area (Å²) in [4.78, 5) is 21.8. The van der Waals surface area contributed by atoms with E-state index >= 15 is 0 Å². The molecule has 5 rings (SSSR count). The van der Waals surface area contributed by atoms with Gasteiger partial charge >= 0.3 is 0 Å². The van der Waals surface area contributed by atoms with Gasteiger partial charge in [0.1, 0.15) is 11.7 Å². The first kappa shape index (κ1) is 22.5. The Labute approximate surface area is 205 Å². The number of carbonyl (C=O) groups excluding carboxylic acids is 1. The Morgan fingerprint density at radius 1 is 1.23 bits per heavy atom. The van der Waals surface area contributed by atoms with Gasteiger partial charge in [-0.1, -0.05) is 38.1 Å². The molecule has 1 amide bonds. The fraction of sp³-hybridized carbons (Fsp3) is 0.241. The van der Waals surface area contributed by atoms with E-state index in [-0.39, 0.29) is 11.9 Å². The Hall–Kier alpha value is -4.24. The summed E-state index contributed by atoms with van der Waals surface area (Å²) in [5, 5.41) is 14.0. The maximum atomic E-state index is 12.7. The smallest absolute Gasteiger partial charge is 0.248 e. The molecule has 1 atom stereocenters. The van der Waals surface area contributed by atoms with Crippen molar-refractivity contribution in [3.8, 4) is 6.07 Å². The third kappa shape index (κ3) is 4.10. The number of nitriles is 1. The Morgan fingerprint density at radius 3 is 2.83 bits per heavy atom. The second kappa shape index (κ2) is 9.55. The Bertz CT molecular complexity index is 1480. The number of amides is 1. The zero-order chi connectivity index (χ0) is 24.4. The van der Waals surface area contributed by atoms with E-state index in [0.717, 1.165) is 53.7 Å². The molecule has 6 heteroatoms. The molecular weight excluding hydrogens is 434 g/mol. The van der Waals surface area contributed by atoms with Gasteiger partial charge in [0.25, 0.3) is 0 Å². The molecule has 3 aromatic heterocycles. The average molecular weight is 462 g/mol. The monoisotopic (exact) mass is 461 g/mol. The van der Waals surface area contributed by atoms with E-state index in [9.17, 15) is 10.1 Å². The molecule has 1 N–H and O–H groups in total. The summed E-state index contributed by atoms with van der Waals surface area (Å²) >= 11 is 0. The third-order valence-electron chi connectivity index (χ3n) is 6.72. The fourth-order valence-corrected chi connectivity index (χ4v) is 5.08. The van der Waals surface area contributed by atoms with Crippen LogP contribution in [0.15, 0.2) is 60.9 Å². The summed E-state index contributed by atoms with van der Waals surface area (Å²) in [7, 11) is 0. The van der Waals surface area contributed by atoms with Gasteiger partial charge in [-0.3, -0.25) is 9.78 Å². The SMILES string of the molecule is CCc1cc(CC)c2c(C#N)c(C=CC(=O)Nc3cccnc3)n(C3CCc4ccccc43)c2n1. The van der Waals surface area contributed by atoms with E-state index in [2.05, 4.69) is 65.1 Å². The molecule has 0 spiro atoms. The highest BCUT2D eigenvalue weighted by molar-refractivity contribution is 6.03. The molecular formula is C29H27N5O. The Morgan fingerprint density at radius 2 is 2.09 bits per heavy atom. The van der Waals surface area contributed by atoms with Crippen molar-refractivity contribution < 1.29 is 4.79 Å². The molecule has 0 radical (unpaired) electrons. The molecule has 1 aliphatic rings. The number of carbonyl (C=O) groups is 1. The van der Waals surface area contributed by atoms with E-state index in [0.29, 0.717) is 11.3 Å². The maximum Gasteiger partial charge on any atom is 0.248 e. The molecule has 6 nitrogen and oxygen atoms in total. The number of nitrogens with one attached hydrogen (secondary N) is 1. The highest BCUT2D eigenvalue weighted by Crippen LogP contribution is 2.40. The molecule has 0 bridgehead atoms. The second-order valence-corrected chi connectivity index (χ2v) is 8.74. The van der Waals surface area contributed by atoms with E-state index < -0.39 is 0 Å². The number of rotatable bonds is 6. The zero-order valence-corrected chi connectivity index (χ0v) is 20.0. The van der Waals surface area contributed by atoms with Crippen LogP contribution in [0, 0.1) is 11.3 Å². The van der Waals surface area contributed by atoms with Gasteiger partial charge in [0.2, 0.25) is 5.91 Å². The average Bonchev–Trinajstić information content (AvgIpc) is 3.45. The molecule has 1 aliphatic carbocycles. The van der Waals surface area contributed by atoms with Gasteiger partial charge in [-0.25, -0.2) is 4.98 Å². The number of benzene rings is 1. The van der Waals surface area contributed by atoms with Gasteiger partial charge in [-0.05, 0) is 66.6 Å². The van der Waals surface area contributed by atoms with Crippen LogP contribution in [-0.2, 0) is 24.1 Å². The van der Waals surface area contributed by atoms with Crippen LogP contribution in [0.5, 0.6) is 0 Å². The van der Waals surface area contributed by atoms with E-state index in [1.807, 2.05) is 0 Å². The number of anilines is 1. The molecule has 1 unspecified atom stereocenters. The van der Waals surface area contributed by atoms with Crippen LogP contribution < -0.4 is 5.32 Å². The highest BCUT2D eigenvalue weighted by atomic mass is 16.1. The van der Waals surface area contributed by atoms with E-state index in [4.69, 9.17) is 4.98 Å². The van der Waals surface area contributed by atoms with Crippen molar-refractivity contribution in [2.45, 2.75) is 45.6 Å². The summed E-state index contributed by atoms with van der Waals surface area (Å²) in [6, 6.07) is 16.6. The van der Waals surface area contributed by atoms with Crippen molar-refractivity contribution in [1.82, 2.24) is 14.5 Å². The van der Waals surface area contributed by atoms with Crippen molar-refractivity contribution >= 4 is 28.7 Å². The van der Waals surface area contributed by atoms with Gasteiger partial charge in [0, 0.05) is 23.4 Å². The summed E-state index contributed by atoms with van der Waals surface area (Å²) in [6.45, 7) is 4.20. The molecule has 0 saturated carbocycles. The lowest BCUT2D eigenvalue weighted by Crippen LogP contribution is -2.12. The van der Waals surface area contributed by atoms with Crippen LogP contribution >= 0.6 is 0 Å². The quantitative estimate of drug-likeness (QED) is 0.378. The topological polar surface area (TPSA) is 83.6 Å². The Kier molecular flexibility index (Phi) is 6.15. The Balaban J connectivity index is 1.69. The van der Waals surface area contributed by atoms with Crippen molar-refractivity contribution in [2.75, 3.05) is 5.32 Å². The van der Waals surface area contributed by atoms with E-state index in [1.165, 1.54) is 17.2 Å². The van der Waals surface area contributed by atoms with Crippen LogP contribution in [0.4, 0.5) is 5.69 Å².